The highest BCUT2D eigenvalue weighted by Gasteiger charge is 2.25. The van der Waals surface area contributed by atoms with E-state index in [9.17, 15) is 5.11 Å². The summed E-state index contributed by atoms with van der Waals surface area (Å²) in [6, 6.07) is 6.71. The van der Waals surface area contributed by atoms with Crippen molar-refractivity contribution in [2.45, 2.75) is 51.7 Å². The predicted octanol–water partition coefficient (Wildman–Crippen LogP) is 3.19. The smallest absolute Gasteiger partial charge is 0.0643 e. The first-order valence-corrected chi connectivity index (χ1v) is 7.89. The summed E-state index contributed by atoms with van der Waals surface area (Å²) in [6.45, 7) is 6.26. The third-order valence-corrected chi connectivity index (χ3v) is 4.20. The molecule has 20 heavy (non-hydrogen) atoms. The Labute approximate surface area is 126 Å². The zero-order valence-electron chi connectivity index (χ0n) is 12.4. The second-order valence-electron chi connectivity index (χ2n) is 5.81. The van der Waals surface area contributed by atoms with Crippen molar-refractivity contribution in [1.82, 2.24) is 5.32 Å². The average Bonchev–Trinajstić information content (AvgIpc) is 2.45. The fourth-order valence-electron chi connectivity index (χ4n) is 2.82. The van der Waals surface area contributed by atoms with E-state index >= 15 is 0 Å². The fraction of sp³-hybridized carbons (Fsp3) is 0.625. The molecule has 112 valence electrons. The first kappa shape index (κ1) is 15.6. The van der Waals surface area contributed by atoms with Gasteiger partial charge in [-0.05, 0) is 30.9 Å². The number of nitrogens with zero attached hydrogens (tertiary/aromatic N) is 1. The number of hydrogen-bond donors (Lipinski definition) is 2. The van der Waals surface area contributed by atoms with Crippen molar-refractivity contribution < 1.29 is 5.11 Å². The standard InChI is InChI=1S/C16H25ClN2O/c1-12(2)18-10-13-6-5-8-15(17)16(13)19-9-4-3-7-14(19)11-20/h5-6,8,12,14,18,20H,3-4,7,9-11H2,1-2H3. The molecule has 1 aromatic carbocycles. The van der Waals surface area contributed by atoms with Crippen molar-refractivity contribution >= 4 is 17.3 Å². The van der Waals surface area contributed by atoms with Crippen molar-refractivity contribution in [1.29, 1.82) is 0 Å². The molecule has 0 aliphatic carbocycles. The van der Waals surface area contributed by atoms with Crippen LogP contribution in [0.1, 0.15) is 38.7 Å². The molecular weight excluding hydrogens is 272 g/mol. The molecule has 0 aromatic heterocycles. The molecule has 1 saturated heterocycles. The molecule has 1 unspecified atom stereocenters. The van der Waals surface area contributed by atoms with E-state index in [4.69, 9.17) is 11.6 Å². The lowest BCUT2D eigenvalue weighted by Crippen LogP contribution is -2.42. The summed E-state index contributed by atoms with van der Waals surface area (Å²) in [6.07, 6.45) is 3.39. The van der Waals surface area contributed by atoms with Gasteiger partial charge in [-0.3, -0.25) is 0 Å². The molecule has 1 aromatic rings. The van der Waals surface area contributed by atoms with Crippen LogP contribution in [0.15, 0.2) is 18.2 Å². The molecule has 3 nitrogen and oxygen atoms in total. The van der Waals surface area contributed by atoms with Crippen LogP contribution in [0, 0.1) is 0 Å². The third-order valence-electron chi connectivity index (χ3n) is 3.90. The van der Waals surface area contributed by atoms with Crippen molar-refractivity contribution in [3.63, 3.8) is 0 Å². The summed E-state index contributed by atoms with van der Waals surface area (Å²) in [5, 5.41) is 13.9. The Morgan fingerprint density at radius 2 is 2.20 bits per heavy atom. The number of piperidine rings is 1. The van der Waals surface area contributed by atoms with Gasteiger partial charge in [0, 0.05) is 19.1 Å². The summed E-state index contributed by atoms with van der Waals surface area (Å²) < 4.78 is 0. The Kier molecular flexibility index (Phi) is 5.70. The van der Waals surface area contributed by atoms with E-state index in [2.05, 4.69) is 30.1 Å². The highest BCUT2D eigenvalue weighted by atomic mass is 35.5. The summed E-state index contributed by atoms with van der Waals surface area (Å²) in [5.41, 5.74) is 2.31. The van der Waals surface area contributed by atoms with Crippen LogP contribution < -0.4 is 10.2 Å². The number of hydrogen-bond acceptors (Lipinski definition) is 3. The molecule has 1 fully saturated rings. The molecule has 1 aliphatic rings. The zero-order valence-corrected chi connectivity index (χ0v) is 13.2. The van der Waals surface area contributed by atoms with Gasteiger partial charge in [-0.2, -0.15) is 0 Å². The van der Waals surface area contributed by atoms with E-state index in [0.29, 0.717) is 6.04 Å². The largest absolute Gasteiger partial charge is 0.394 e. The van der Waals surface area contributed by atoms with Crippen LogP contribution in [-0.2, 0) is 6.54 Å². The SMILES string of the molecule is CC(C)NCc1cccc(Cl)c1N1CCCCC1CO. The van der Waals surface area contributed by atoms with Gasteiger partial charge in [0.2, 0.25) is 0 Å². The van der Waals surface area contributed by atoms with Crippen molar-refractivity contribution in [3.05, 3.63) is 28.8 Å². The van der Waals surface area contributed by atoms with Crippen molar-refractivity contribution in [2.75, 3.05) is 18.1 Å². The molecule has 1 heterocycles. The topological polar surface area (TPSA) is 35.5 Å². The Bertz CT molecular complexity index is 436. The first-order chi connectivity index (χ1) is 9.63. The Hall–Kier alpha value is -0.770. The molecule has 2 rings (SSSR count). The van der Waals surface area contributed by atoms with Gasteiger partial charge in [-0.1, -0.05) is 37.6 Å². The molecule has 0 radical (unpaired) electrons. The third kappa shape index (κ3) is 3.66. The van der Waals surface area contributed by atoms with Gasteiger partial charge in [0.1, 0.15) is 0 Å². The zero-order chi connectivity index (χ0) is 14.5. The lowest BCUT2D eigenvalue weighted by Gasteiger charge is -2.38. The number of halogens is 1. The monoisotopic (exact) mass is 296 g/mol. The lowest BCUT2D eigenvalue weighted by atomic mass is 10.00. The summed E-state index contributed by atoms with van der Waals surface area (Å²) >= 11 is 6.45. The predicted molar refractivity (Wildman–Crippen MR) is 85.5 cm³/mol. The maximum atomic E-state index is 9.62. The second kappa shape index (κ2) is 7.30. The van der Waals surface area contributed by atoms with E-state index in [0.717, 1.165) is 30.2 Å². The van der Waals surface area contributed by atoms with Crippen molar-refractivity contribution in [3.8, 4) is 0 Å². The minimum absolute atomic E-state index is 0.196. The molecule has 1 aliphatic heterocycles. The van der Waals surface area contributed by atoms with Crippen LogP contribution in [0.4, 0.5) is 5.69 Å². The maximum absolute atomic E-state index is 9.62. The van der Waals surface area contributed by atoms with Gasteiger partial charge in [0.25, 0.3) is 0 Å². The van der Waals surface area contributed by atoms with Crippen LogP contribution in [-0.4, -0.2) is 30.3 Å². The highest BCUT2D eigenvalue weighted by molar-refractivity contribution is 6.33. The van der Waals surface area contributed by atoms with E-state index in [-0.39, 0.29) is 12.6 Å². The lowest BCUT2D eigenvalue weighted by molar-refractivity contribution is 0.240. The van der Waals surface area contributed by atoms with Gasteiger partial charge in [-0.15, -0.1) is 0 Å². The Morgan fingerprint density at radius 3 is 2.90 bits per heavy atom. The molecule has 0 amide bonds. The number of nitrogens with one attached hydrogen (secondary N) is 1. The second-order valence-corrected chi connectivity index (χ2v) is 6.22. The quantitative estimate of drug-likeness (QED) is 0.876. The van der Waals surface area contributed by atoms with E-state index in [1.165, 1.54) is 18.4 Å². The first-order valence-electron chi connectivity index (χ1n) is 7.51. The number of aliphatic hydroxyl groups excluding tert-OH is 1. The van der Waals surface area contributed by atoms with Gasteiger partial charge in [0.15, 0.2) is 0 Å². The van der Waals surface area contributed by atoms with Crippen LogP contribution in [0.3, 0.4) is 0 Å². The molecule has 1 atom stereocenters. The van der Waals surface area contributed by atoms with Crippen LogP contribution in [0.25, 0.3) is 0 Å². The maximum Gasteiger partial charge on any atom is 0.0643 e. The Morgan fingerprint density at radius 1 is 1.40 bits per heavy atom. The number of rotatable bonds is 5. The van der Waals surface area contributed by atoms with E-state index < -0.39 is 0 Å². The normalized spacial score (nSPS) is 19.6. The van der Waals surface area contributed by atoms with Gasteiger partial charge in [0.05, 0.1) is 23.4 Å². The summed E-state index contributed by atoms with van der Waals surface area (Å²) in [4.78, 5) is 2.29. The minimum atomic E-state index is 0.196. The van der Waals surface area contributed by atoms with Crippen LogP contribution in [0.5, 0.6) is 0 Å². The molecule has 4 heteroatoms. The molecule has 2 N–H and O–H groups in total. The minimum Gasteiger partial charge on any atom is -0.394 e. The summed E-state index contributed by atoms with van der Waals surface area (Å²) in [5.74, 6) is 0. The van der Waals surface area contributed by atoms with Gasteiger partial charge >= 0.3 is 0 Å². The van der Waals surface area contributed by atoms with Crippen LogP contribution >= 0.6 is 11.6 Å². The summed E-state index contributed by atoms with van der Waals surface area (Å²) in [7, 11) is 0. The van der Waals surface area contributed by atoms with Crippen LogP contribution in [0.2, 0.25) is 5.02 Å². The van der Waals surface area contributed by atoms with Gasteiger partial charge in [-0.25, -0.2) is 0 Å². The fourth-order valence-corrected chi connectivity index (χ4v) is 3.13. The van der Waals surface area contributed by atoms with Gasteiger partial charge < -0.3 is 15.3 Å². The Balaban J connectivity index is 2.28. The molecule has 0 bridgehead atoms. The van der Waals surface area contributed by atoms with E-state index in [1.807, 2.05) is 12.1 Å². The number of aliphatic hydroxyl groups is 1. The molecular formula is C16H25ClN2O. The molecule has 0 saturated carbocycles. The number of benzene rings is 1. The highest BCUT2D eigenvalue weighted by Crippen LogP contribution is 2.34. The average molecular weight is 297 g/mol. The number of para-hydroxylation sites is 1. The van der Waals surface area contributed by atoms with E-state index in [1.54, 1.807) is 0 Å². The molecule has 0 spiro atoms. The number of anilines is 1. The van der Waals surface area contributed by atoms with Crippen molar-refractivity contribution in [2.24, 2.45) is 0 Å².